The minimum absolute atomic E-state index is 0.259. The molecule has 0 aliphatic rings. The molecule has 0 aliphatic heterocycles. The molecule has 20 heavy (non-hydrogen) atoms. The van der Waals surface area contributed by atoms with Crippen LogP contribution in [0.2, 0.25) is 10.0 Å². The van der Waals surface area contributed by atoms with Gasteiger partial charge >= 0.3 is 6.03 Å². The molecule has 2 amide bonds. The van der Waals surface area contributed by atoms with Crippen LogP contribution >= 0.6 is 35.0 Å². The van der Waals surface area contributed by atoms with E-state index in [1.165, 1.54) is 12.3 Å². The molecule has 0 atom stereocenters. The van der Waals surface area contributed by atoms with Crippen LogP contribution in [0.5, 0.6) is 0 Å². The van der Waals surface area contributed by atoms with E-state index in [2.05, 4.69) is 15.6 Å². The van der Waals surface area contributed by atoms with Gasteiger partial charge < -0.3 is 5.32 Å². The number of urea groups is 1. The van der Waals surface area contributed by atoms with Crippen molar-refractivity contribution in [3.05, 3.63) is 46.6 Å². The molecule has 2 N–H and O–H groups in total. The Morgan fingerprint density at radius 1 is 1.20 bits per heavy atom. The van der Waals surface area contributed by atoms with Crippen molar-refractivity contribution in [1.29, 1.82) is 0 Å². The fourth-order valence-corrected chi connectivity index (χ4v) is 2.29. The molecule has 0 bridgehead atoms. The zero-order valence-corrected chi connectivity index (χ0v) is 12.8. The van der Waals surface area contributed by atoms with Crippen LogP contribution < -0.4 is 10.6 Å². The second kappa shape index (κ2) is 6.83. The van der Waals surface area contributed by atoms with E-state index in [1.807, 2.05) is 30.5 Å². The normalized spacial score (nSPS) is 10.2. The Labute approximate surface area is 130 Å². The highest BCUT2D eigenvalue weighted by Crippen LogP contribution is 2.23. The first-order valence-corrected chi connectivity index (χ1v) is 7.59. The summed E-state index contributed by atoms with van der Waals surface area (Å²) >= 11 is 13.3. The maximum atomic E-state index is 11.8. The molecule has 1 aromatic heterocycles. The maximum absolute atomic E-state index is 11.8. The van der Waals surface area contributed by atoms with Gasteiger partial charge in [0.25, 0.3) is 0 Å². The molecule has 0 saturated heterocycles. The standard InChI is InChI=1S/C13H11Cl2N3OS/c1-20-10-4-2-9(3-5-10)17-13(19)18-12-11(15)6-8(14)7-16-12/h2-7H,1H3,(H2,16,17,18,19). The van der Waals surface area contributed by atoms with E-state index in [9.17, 15) is 4.79 Å². The summed E-state index contributed by atoms with van der Waals surface area (Å²) in [4.78, 5) is 16.9. The number of hydrogen-bond donors (Lipinski definition) is 2. The smallest absolute Gasteiger partial charge is 0.308 e. The van der Waals surface area contributed by atoms with Crippen LogP contribution in [0.3, 0.4) is 0 Å². The lowest BCUT2D eigenvalue weighted by molar-refractivity contribution is 0.262. The topological polar surface area (TPSA) is 54.0 Å². The highest BCUT2D eigenvalue weighted by atomic mass is 35.5. The van der Waals surface area contributed by atoms with Gasteiger partial charge in [-0.05, 0) is 36.6 Å². The quantitative estimate of drug-likeness (QED) is 0.799. The third-order valence-electron chi connectivity index (χ3n) is 2.39. The van der Waals surface area contributed by atoms with Gasteiger partial charge in [-0.1, -0.05) is 23.2 Å². The number of aromatic nitrogens is 1. The number of hydrogen-bond acceptors (Lipinski definition) is 3. The second-order valence-corrected chi connectivity index (χ2v) is 5.51. The number of nitrogens with zero attached hydrogens (tertiary/aromatic N) is 1. The van der Waals surface area contributed by atoms with Crippen molar-refractivity contribution in [2.24, 2.45) is 0 Å². The average molecular weight is 328 g/mol. The summed E-state index contributed by atoms with van der Waals surface area (Å²) in [5.74, 6) is 0.259. The Kier molecular flexibility index (Phi) is 5.11. The van der Waals surface area contributed by atoms with E-state index in [4.69, 9.17) is 23.2 Å². The third kappa shape index (κ3) is 4.03. The van der Waals surface area contributed by atoms with Crippen molar-refractivity contribution in [1.82, 2.24) is 4.98 Å². The molecule has 4 nitrogen and oxygen atoms in total. The largest absolute Gasteiger partial charge is 0.324 e. The number of rotatable bonds is 3. The zero-order valence-electron chi connectivity index (χ0n) is 10.5. The van der Waals surface area contributed by atoms with Crippen molar-refractivity contribution >= 4 is 52.5 Å². The number of carbonyl (C=O) groups excluding carboxylic acids is 1. The Balaban J connectivity index is 2.01. The number of benzene rings is 1. The van der Waals surface area contributed by atoms with Gasteiger partial charge in [0.1, 0.15) is 0 Å². The molecule has 2 aromatic rings. The van der Waals surface area contributed by atoms with E-state index >= 15 is 0 Å². The predicted octanol–water partition coefficient (Wildman–Crippen LogP) is 4.75. The third-order valence-corrected chi connectivity index (χ3v) is 3.63. The van der Waals surface area contributed by atoms with Gasteiger partial charge in [-0.2, -0.15) is 0 Å². The molecule has 0 fully saturated rings. The summed E-state index contributed by atoms with van der Waals surface area (Å²) in [6.07, 6.45) is 3.40. The summed E-state index contributed by atoms with van der Waals surface area (Å²) in [5, 5.41) is 5.94. The van der Waals surface area contributed by atoms with Gasteiger partial charge in [0.2, 0.25) is 0 Å². The summed E-state index contributed by atoms with van der Waals surface area (Å²) in [6.45, 7) is 0. The Hall–Kier alpha value is -1.43. The minimum atomic E-state index is -0.418. The van der Waals surface area contributed by atoms with Gasteiger partial charge in [-0.3, -0.25) is 5.32 Å². The number of halogens is 2. The van der Waals surface area contributed by atoms with Gasteiger partial charge in [0.05, 0.1) is 10.0 Å². The summed E-state index contributed by atoms with van der Waals surface area (Å²) in [6, 6.07) is 8.59. The first-order chi connectivity index (χ1) is 9.58. The van der Waals surface area contributed by atoms with Crippen molar-refractivity contribution in [2.45, 2.75) is 4.90 Å². The second-order valence-electron chi connectivity index (χ2n) is 3.79. The molecular formula is C13H11Cl2N3OS. The first kappa shape index (κ1) is 15.0. The van der Waals surface area contributed by atoms with Crippen LogP contribution in [-0.2, 0) is 0 Å². The summed E-state index contributed by atoms with van der Waals surface area (Å²) in [5.41, 5.74) is 0.686. The van der Waals surface area contributed by atoms with E-state index in [0.717, 1.165) is 4.90 Å². The van der Waals surface area contributed by atoms with Crippen LogP contribution in [0.1, 0.15) is 0 Å². The van der Waals surface area contributed by atoms with Gasteiger partial charge in [-0.25, -0.2) is 9.78 Å². The molecule has 7 heteroatoms. The van der Waals surface area contributed by atoms with Gasteiger partial charge in [-0.15, -0.1) is 11.8 Å². The number of pyridine rings is 1. The molecule has 0 radical (unpaired) electrons. The molecule has 104 valence electrons. The van der Waals surface area contributed by atoms with Crippen molar-refractivity contribution in [2.75, 3.05) is 16.9 Å². The van der Waals surface area contributed by atoms with E-state index in [-0.39, 0.29) is 10.8 Å². The Morgan fingerprint density at radius 3 is 2.50 bits per heavy atom. The molecule has 0 aliphatic carbocycles. The fraction of sp³-hybridized carbons (Fsp3) is 0.0769. The first-order valence-electron chi connectivity index (χ1n) is 5.61. The molecule has 1 aromatic carbocycles. The number of amides is 2. The Bertz CT molecular complexity index is 620. The van der Waals surface area contributed by atoms with Crippen LogP contribution in [0.25, 0.3) is 0 Å². The maximum Gasteiger partial charge on any atom is 0.324 e. The van der Waals surface area contributed by atoms with Gasteiger partial charge in [0, 0.05) is 16.8 Å². The number of anilines is 2. The highest BCUT2D eigenvalue weighted by molar-refractivity contribution is 7.98. The molecule has 2 rings (SSSR count). The lowest BCUT2D eigenvalue weighted by Gasteiger charge is -2.08. The fourth-order valence-electron chi connectivity index (χ4n) is 1.45. The average Bonchev–Trinajstić information content (AvgIpc) is 2.43. The Morgan fingerprint density at radius 2 is 1.90 bits per heavy atom. The van der Waals surface area contributed by atoms with Crippen molar-refractivity contribution in [3.8, 4) is 0 Å². The van der Waals surface area contributed by atoms with E-state index in [1.54, 1.807) is 11.8 Å². The van der Waals surface area contributed by atoms with Crippen LogP contribution in [0, 0.1) is 0 Å². The monoisotopic (exact) mass is 327 g/mol. The lowest BCUT2D eigenvalue weighted by atomic mass is 10.3. The molecule has 0 spiro atoms. The van der Waals surface area contributed by atoms with Crippen LogP contribution in [0.4, 0.5) is 16.3 Å². The molecule has 1 heterocycles. The van der Waals surface area contributed by atoms with Crippen LogP contribution in [0.15, 0.2) is 41.4 Å². The molecular weight excluding hydrogens is 317 g/mol. The predicted molar refractivity (Wildman–Crippen MR) is 85.1 cm³/mol. The van der Waals surface area contributed by atoms with Gasteiger partial charge in [0.15, 0.2) is 5.82 Å². The van der Waals surface area contributed by atoms with Crippen LogP contribution in [-0.4, -0.2) is 17.3 Å². The lowest BCUT2D eigenvalue weighted by Crippen LogP contribution is -2.20. The minimum Gasteiger partial charge on any atom is -0.308 e. The van der Waals surface area contributed by atoms with Crippen molar-refractivity contribution in [3.63, 3.8) is 0 Å². The van der Waals surface area contributed by atoms with E-state index < -0.39 is 6.03 Å². The molecule has 0 unspecified atom stereocenters. The number of carbonyl (C=O) groups is 1. The summed E-state index contributed by atoms with van der Waals surface area (Å²) in [7, 11) is 0. The number of nitrogens with one attached hydrogen (secondary N) is 2. The summed E-state index contributed by atoms with van der Waals surface area (Å²) < 4.78 is 0. The highest BCUT2D eigenvalue weighted by Gasteiger charge is 2.07. The van der Waals surface area contributed by atoms with E-state index in [0.29, 0.717) is 10.7 Å². The van der Waals surface area contributed by atoms with Crippen molar-refractivity contribution < 1.29 is 4.79 Å². The SMILES string of the molecule is CSc1ccc(NC(=O)Nc2ncc(Cl)cc2Cl)cc1. The number of thioether (sulfide) groups is 1. The molecule has 0 saturated carbocycles. The zero-order chi connectivity index (χ0) is 14.5.